The zero-order valence-corrected chi connectivity index (χ0v) is 30.8. The lowest BCUT2D eigenvalue weighted by atomic mass is 10.1. The fraction of sp³-hybridized carbons (Fsp3) is 0.892. The Morgan fingerprint density at radius 2 is 1.02 bits per heavy atom. The van der Waals surface area contributed by atoms with Crippen LogP contribution in [0.15, 0.2) is 24.3 Å². The molecule has 6 heteroatoms. The average molecular weight is 677 g/mol. The number of aliphatic hydroxyl groups excluding tert-OH is 1. The minimum Gasteiger partial charge on any atom is -1.00 e. The Labute approximate surface area is 279 Å². The normalized spacial score (nSPS) is 12.9. The summed E-state index contributed by atoms with van der Waals surface area (Å²) in [5.41, 5.74) is 0. The minimum atomic E-state index is 0. The van der Waals surface area contributed by atoms with Crippen LogP contribution in [0.4, 0.5) is 0 Å². The van der Waals surface area contributed by atoms with E-state index in [0.29, 0.717) is 19.8 Å². The predicted octanol–water partition coefficient (Wildman–Crippen LogP) is 6.43. The third-order valence-electron chi connectivity index (χ3n) is 7.91. The fourth-order valence-corrected chi connectivity index (χ4v) is 5.26. The first kappa shape index (κ1) is 44.9. The number of allylic oxidation sites excluding steroid dienone is 4. The molecule has 0 saturated carbocycles. The molecule has 0 rings (SSSR count). The molecule has 0 amide bonds. The molecule has 0 heterocycles. The molecule has 0 aliphatic heterocycles. The van der Waals surface area contributed by atoms with Crippen molar-refractivity contribution < 1.29 is 40.8 Å². The molecule has 43 heavy (non-hydrogen) atoms. The van der Waals surface area contributed by atoms with Gasteiger partial charge in [0.1, 0.15) is 19.2 Å². The van der Waals surface area contributed by atoms with Crippen LogP contribution in [0.25, 0.3) is 0 Å². The molecule has 0 fully saturated rings. The van der Waals surface area contributed by atoms with Crippen LogP contribution in [0.5, 0.6) is 0 Å². The Bertz CT molecular complexity index is 585. The van der Waals surface area contributed by atoms with E-state index in [-0.39, 0.29) is 29.7 Å². The second-order valence-electron chi connectivity index (χ2n) is 12.7. The van der Waals surface area contributed by atoms with E-state index in [1.54, 1.807) is 0 Å². The molecule has 0 bridgehead atoms. The number of halogens is 1. The Hall–Kier alpha value is -0.240. The van der Waals surface area contributed by atoms with E-state index in [1.807, 2.05) is 0 Å². The molecule has 258 valence electrons. The van der Waals surface area contributed by atoms with Gasteiger partial charge in [-0.05, 0) is 51.4 Å². The van der Waals surface area contributed by atoms with Gasteiger partial charge in [-0.25, -0.2) is 0 Å². The third-order valence-corrected chi connectivity index (χ3v) is 7.91. The first-order chi connectivity index (χ1) is 20.6. The molecule has 0 aliphatic carbocycles. The van der Waals surface area contributed by atoms with Gasteiger partial charge in [-0.15, -0.1) is 0 Å². The molecule has 0 aliphatic rings. The van der Waals surface area contributed by atoms with Crippen molar-refractivity contribution in [3.05, 3.63) is 24.3 Å². The standard InChI is InChI=1S/C37H74NO4.BrH/c1-5-7-9-11-13-15-17-19-21-23-25-27-31-41-36-37(35-38(3,4)29-33-40-34-30-39)42-32-28-26-24-22-20-18-16-14-12-10-8-6-2;/h7-10,37,39H,5-6,11-36H2,1-4H3;1H/q+1;/p-1/b9-7-,10-8-;. The molecule has 0 radical (unpaired) electrons. The van der Waals surface area contributed by atoms with Crippen molar-refractivity contribution in [1.82, 2.24) is 0 Å². The summed E-state index contributed by atoms with van der Waals surface area (Å²) in [4.78, 5) is 0. The summed E-state index contributed by atoms with van der Waals surface area (Å²) in [6, 6.07) is 0. The van der Waals surface area contributed by atoms with Gasteiger partial charge in [0.05, 0.1) is 40.5 Å². The minimum absolute atomic E-state index is 0. The molecular weight excluding hydrogens is 602 g/mol. The molecule has 1 N–H and O–H groups in total. The molecule has 1 atom stereocenters. The molecule has 1 unspecified atom stereocenters. The van der Waals surface area contributed by atoms with E-state index in [0.717, 1.165) is 56.5 Å². The predicted molar refractivity (Wildman–Crippen MR) is 182 cm³/mol. The van der Waals surface area contributed by atoms with Gasteiger partial charge in [-0.1, -0.05) is 115 Å². The van der Waals surface area contributed by atoms with Gasteiger partial charge in [0, 0.05) is 13.2 Å². The quantitative estimate of drug-likeness (QED) is 0.0485. The van der Waals surface area contributed by atoms with E-state index < -0.39 is 0 Å². The summed E-state index contributed by atoms with van der Waals surface area (Å²) in [6.45, 7) is 9.73. The van der Waals surface area contributed by atoms with Crippen molar-refractivity contribution in [2.45, 2.75) is 148 Å². The van der Waals surface area contributed by atoms with Crippen molar-refractivity contribution in [1.29, 1.82) is 0 Å². The summed E-state index contributed by atoms with van der Waals surface area (Å²) in [5, 5.41) is 8.98. The SMILES string of the molecule is CC/C=C\CCCCCCCCCCOCC(C[N+](C)(C)CCOCCO)OCCCCCCCCCC/C=C\CC.[Br-]. The zero-order chi connectivity index (χ0) is 30.8. The van der Waals surface area contributed by atoms with Gasteiger partial charge in [-0.2, -0.15) is 0 Å². The Morgan fingerprint density at radius 1 is 0.558 bits per heavy atom. The molecule has 5 nitrogen and oxygen atoms in total. The first-order valence-corrected chi connectivity index (χ1v) is 18.1. The topological polar surface area (TPSA) is 47.9 Å². The maximum Gasteiger partial charge on any atom is 0.130 e. The lowest BCUT2D eigenvalue weighted by Crippen LogP contribution is -3.00. The molecule has 0 spiro atoms. The van der Waals surface area contributed by atoms with Gasteiger partial charge in [0.25, 0.3) is 0 Å². The number of unbranched alkanes of at least 4 members (excludes halogenated alkanes) is 16. The Balaban J connectivity index is 0. The summed E-state index contributed by atoms with van der Waals surface area (Å²) >= 11 is 0. The summed E-state index contributed by atoms with van der Waals surface area (Å²) in [6.07, 6.45) is 35.3. The third kappa shape index (κ3) is 36.1. The molecule has 0 saturated heterocycles. The highest BCUT2D eigenvalue weighted by Crippen LogP contribution is 2.13. The van der Waals surface area contributed by atoms with Gasteiger partial charge in [-0.3, -0.25) is 0 Å². The van der Waals surface area contributed by atoms with Crippen molar-refractivity contribution >= 4 is 0 Å². The second kappa shape index (κ2) is 36.2. The second-order valence-corrected chi connectivity index (χ2v) is 12.7. The van der Waals surface area contributed by atoms with Crippen LogP contribution in [0.3, 0.4) is 0 Å². The highest BCUT2D eigenvalue weighted by molar-refractivity contribution is 4.80. The Kier molecular flexibility index (Phi) is 37.8. The number of ether oxygens (including phenoxy) is 3. The number of aliphatic hydroxyl groups is 1. The van der Waals surface area contributed by atoms with Crippen LogP contribution in [0.1, 0.15) is 142 Å². The van der Waals surface area contributed by atoms with Crippen LogP contribution in [0.2, 0.25) is 0 Å². The van der Waals surface area contributed by atoms with Gasteiger partial charge < -0.3 is 40.8 Å². The first-order valence-electron chi connectivity index (χ1n) is 18.1. The summed E-state index contributed by atoms with van der Waals surface area (Å²) < 4.78 is 18.9. The van der Waals surface area contributed by atoms with Crippen molar-refractivity contribution in [3.8, 4) is 0 Å². The lowest BCUT2D eigenvalue weighted by Gasteiger charge is -2.33. The highest BCUT2D eigenvalue weighted by atomic mass is 79.9. The van der Waals surface area contributed by atoms with Gasteiger partial charge in [0.15, 0.2) is 0 Å². The number of quaternary nitrogens is 1. The summed E-state index contributed by atoms with van der Waals surface area (Å²) in [7, 11) is 4.47. The lowest BCUT2D eigenvalue weighted by molar-refractivity contribution is -0.894. The molecule has 0 aromatic carbocycles. The van der Waals surface area contributed by atoms with Crippen LogP contribution in [-0.4, -0.2) is 82.5 Å². The fourth-order valence-electron chi connectivity index (χ4n) is 5.26. The maximum absolute atomic E-state index is 8.98. The highest BCUT2D eigenvalue weighted by Gasteiger charge is 2.23. The van der Waals surface area contributed by atoms with E-state index in [2.05, 4.69) is 52.2 Å². The molecule has 0 aromatic rings. The average Bonchev–Trinajstić information content (AvgIpc) is 2.97. The summed E-state index contributed by atoms with van der Waals surface area (Å²) in [5.74, 6) is 0. The van der Waals surface area contributed by atoms with Crippen LogP contribution >= 0.6 is 0 Å². The number of hydrogen-bond acceptors (Lipinski definition) is 4. The van der Waals surface area contributed by atoms with Crippen LogP contribution in [0, 0.1) is 0 Å². The molecular formula is C37H74BrNO4. The van der Waals surface area contributed by atoms with Crippen molar-refractivity contribution in [3.63, 3.8) is 0 Å². The monoisotopic (exact) mass is 675 g/mol. The molecule has 0 aromatic heterocycles. The van der Waals surface area contributed by atoms with Gasteiger partial charge in [0.2, 0.25) is 0 Å². The largest absolute Gasteiger partial charge is 1.00 e. The number of rotatable bonds is 34. The Morgan fingerprint density at radius 3 is 1.51 bits per heavy atom. The van der Waals surface area contributed by atoms with Crippen molar-refractivity contribution in [2.75, 3.05) is 66.8 Å². The van der Waals surface area contributed by atoms with E-state index in [1.165, 1.54) is 103 Å². The van der Waals surface area contributed by atoms with E-state index in [4.69, 9.17) is 19.3 Å². The van der Waals surface area contributed by atoms with E-state index >= 15 is 0 Å². The smallest absolute Gasteiger partial charge is 0.130 e. The zero-order valence-electron chi connectivity index (χ0n) is 29.2. The van der Waals surface area contributed by atoms with Crippen LogP contribution < -0.4 is 17.0 Å². The van der Waals surface area contributed by atoms with E-state index in [9.17, 15) is 0 Å². The maximum atomic E-state index is 8.98. The van der Waals surface area contributed by atoms with Crippen LogP contribution in [-0.2, 0) is 14.2 Å². The number of likely N-dealkylation sites (N-methyl/N-ethyl adjacent to an activating group) is 1. The van der Waals surface area contributed by atoms with Gasteiger partial charge >= 0.3 is 0 Å². The van der Waals surface area contributed by atoms with Crippen molar-refractivity contribution in [2.24, 2.45) is 0 Å². The number of hydrogen-bond donors (Lipinski definition) is 1. The number of nitrogens with zero attached hydrogens (tertiary/aromatic N) is 1.